The van der Waals surface area contributed by atoms with Crippen molar-refractivity contribution in [2.45, 2.75) is 6.04 Å². The van der Waals surface area contributed by atoms with Gasteiger partial charge in [0.25, 0.3) is 5.91 Å². The fraction of sp³-hybridized carbons (Fsp3) is 0.500. The van der Waals surface area contributed by atoms with Crippen molar-refractivity contribution in [3.8, 4) is 0 Å². The molecule has 1 aliphatic heterocycles. The van der Waals surface area contributed by atoms with E-state index >= 15 is 0 Å². The Balaban J connectivity index is 1.84. The molecule has 2 amide bonds. The third-order valence-corrected chi connectivity index (χ3v) is 4.89. The first-order valence-corrected chi connectivity index (χ1v) is 9.28. The van der Waals surface area contributed by atoms with Crippen LogP contribution in [0.4, 0.5) is 0 Å². The number of carbonyl (C=O) groups excluding carboxylic acids is 2. The number of benzene rings is 1. The quantitative estimate of drug-likeness (QED) is 0.672. The smallest absolute Gasteiger partial charge is 0.255 e. The van der Waals surface area contributed by atoms with Gasteiger partial charge in [0.15, 0.2) is 0 Å². The highest BCUT2D eigenvalue weighted by atomic mass is 35.5. The molecule has 1 fully saturated rings. The zero-order valence-corrected chi connectivity index (χ0v) is 15.2. The van der Waals surface area contributed by atoms with E-state index in [0.29, 0.717) is 41.9 Å². The van der Waals surface area contributed by atoms with Crippen molar-refractivity contribution in [2.24, 2.45) is 0 Å². The van der Waals surface area contributed by atoms with Crippen LogP contribution in [0.25, 0.3) is 0 Å². The van der Waals surface area contributed by atoms with Crippen LogP contribution in [0, 0.1) is 0 Å². The van der Waals surface area contributed by atoms with Crippen LogP contribution in [0.1, 0.15) is 10.4 Å². The van der Waals surface area contributed by atoms with Crippen LogP contribution in [0.15, 0.2) is 24.3 Å². The Morgan fingerprint density at radius 1 is 1.29 bits per heavy atom. The van der Waals surface area contributed by atoms with Gasteiger partial charge >= 0.3 is 0 Å². The minimum Gasteiger partial charge on any atom is -0.383 e. The SMILES string of the molecule is COCCNCCNC(=O)C1CSCN1C(=O)c1ccc(Cl)cc1. The molecule has 0 bridgehead atoms. The van der Waals surface area contributed by atoms with Crippen LogP contribution < -0.4 is 10.6 Å². The van der Waals surface area contributed by atoms with Crippen LogP contribution in [-0.4, -0.2) is 67.7 Å². The molecule has 0 radical (unpaired) electrons. The van der Waals surface area contributed by atoms with Gasteiger partial charge in [-0.3, -0.25) is 9.59 Å². The standard InChI is InChI=1S/C16H22ClN3O3S/c1-23-9-8-18-6-7-19-15(21)14-10-24-11-20(14)16(22)12-2-4-13(17)5-3-12/h2-5,14,18H,6-11H2,1H3,(H,19,21). The Hall–Kier alpha value is -1.28. The largest absolute Gasteiger partial charge is 0.383 e. The van der Waals surface area contributed by atoms with Crippen LogP contribution in [0.5, 0.6) is 0 Å². The number of hydrogen-bond donors (Lipinski definition) is 2. The molecule has 1 atom stereocenters. The maximum Gasteiger partial charge on any atom is 0.255 e. The second-order valence-corrected chi connectivity index (χ2v) is 6.77. The number of ether oxygens (including phenoxy) is 1. The molecular weight excluding hydrogens is 350 g/mol. The fourth-order valence-corrected chi connectivity index (χ4v) is 3.59. The normalized spacial score (nSPS) is 17.1. The molecule has 0 saturated carbocycles. The Morgan fingerprint density at radius 3 is 2.75 bits per heavy atom. The third kappa shape index (κ3) is 5.37. The first-order chi connectivity index (χ1) is 11.6. The van der Waals surface area contributed by atoms with Crippen molar-refractivity contribution in [1.29, 1.82) is 0 Å². The molecule has 1 aromatic carbocycles. The van der Waals surface area contributed by atoms with Gasteiger partial charge < -0.3 is 20.3 Å². The molecule has 2 N–H and O–H groups in total. The molecule has 8 heteroatoms. The molecule has 1 aliphatic rings. The molecule has 0 spiro atoms. The molecule has 0 aromatic heterocycles. The van der Waals surface area contributed by atoms with E-state index < -0.39 is 6.04 Å². The number of amides is 2. The second kappa shape index (κ2) is 9.88. The number of rotatable bonds is 8. The zero-order valence-electron chi connectivity index (χ0n) is 13.6. The summed E-state index contributed by atoms with van der Waals surface area (Å²) < 4.78 is 4.94. The van der Waals surface area contributed by atoms with E-state index in [0.717, 1.165) is 6.54 Å². The van der Waals surface area contributed by atoms with E-state index in [1.807, 2.05) is 0 Å². The molecule has 1 saturated heterocycles. The minimum absolute atomic E-state index is 0.115. The van der Waals surface area contributed by atoms with E-state index in [-0.39, 0.29) is 11.8 Å². The predicted molar refractivity (Wildman–Crippen MR) is 96.5 cm³/mol. The number of nitrogens with zero attached hydrogens (tertiary/aromatic N) is 1. The average molecular weight is 372 g/mol. The van der Waals surface area contributed by atoms with Crippen molar-refractivity contribution in [3.63, 3.8) is 0 Å². The van der Waals surface area contributed by atoms with Crippen LogP contribution in [-0.2, 0) is 9.53 Å². The van der Waals surface area contributed by atoms with Gasteiger partial charge in [-0.05, 0) is 24.3 Å². The van der Waals surface area contributed by atoms with Crippen molar-refractivity contribution in [2.75, 3.05) is 45.0 Å². The Morgan fingerprint density at radius 2 is 2.04 bits per heavy atom. The average Bonchev–Trinajstić information content (AvgIpc) is 3.07. The Kier molecular flexibility index (Phi) is 7.84. The summed E-state index contributed by atoms with van der Waals surface area (Å²) in [6.45, 7) is 2.57. The van der Waals surface area contributed by atoms with Crippen LogP contribution in [0.2, 0.25) is 5.02 Å². The van der Waals surface area contributed by atoms with Gasteiger partial charge in [-0.1, -0.05) is 11.6 Å². The summed E-state index contributed by atoms with van der Waals surface area (Å²) in [7, 11) is 1.65. The van der Waals surface area contributed by atoms with Gasteiger partial charge in [0.2, 0.25) is 5.91 Å². The topological polar surface area (TPSA) is 70.7 Å². The zero-order chi connectivity index (χ0) is 17.4. The molecule has 24 heavy (non-hydrogen) atoms. The lowest BCUT2D eigenvalue weighted by molar-refractivity contribution is -0.124. The summed E-state index contributed by atoms with van der Waals surface area (Å²) in [4.78, 5) is 26.5. The first kappa shape index (κ1) is 19.1. The number of thioether (sulfide) groups is 1. The third-order valence-electron chi connectivity index (χ3n) is 3.62. The maximum atomic E-state index is 12.6. The summed E-state index contributed by atoms with van der Waals surface area (Å²) in [5.41, 5.74) is 0.543. The lowest BCUT2D eigenvalue weighted by Gasteiger charge is -2.23. The molecule has 6 nitrogen and oxygen atoms in total. The highest BCUT2D eigenvalue weighted by Crippen LogP contribution is 2.23. The summed E-state index contributed by atoms with van der Waals surface area (Å²) in [6, 6.07) is 6.29. The van der Waals surface area contributed by atoms with E-state index in [4.69, 9.17) is 16.3 Å². The molecule has 0 aliphatic carbocycles. The second-order valence-electron chi connectivity index (χ2n) is 5.33. The van der Waals surface area contributed by atoms with Crippen molar-refractivity contribution < 1.29 is 14.3 Å². The van der Waals surface area contributed by atoms with Gasteiger partial charge in [0.05, 0.1) is 12.5 Å². The van der Waals surface area contributed by atoms with Gasteiger partial charge in [-0.15, -0.1) is 11.8 Å². The molecule has 1 aromatic rings. The van der Waals surface area contributed by atoms with Crippen LogP contribution >= 0.6 is 23.4 Å². The molecule has 132 valence electrons. The van der Waals surface area contributed by atoms with E-state index in [9.17, 15) is 9.59 Å². The lowest BCUT2D eigenvalue weighted by atomic mass is 10.1. The number of hydrogen-bond acceptors (Lipinski definition) is 5. The summed E-state index contributed by atoms with van der Waals surface area (Å²) in [5.74, 6) is 0.874. The minimum atomic E-state index is -0.433. The lowest BCUT2D eigenvalue weighted by Crippen LogP contribution is -2.48. The molecular formula is C16H22ClN3O3S. The number of halogens is 1. The number of methoxy groups -OCH3 is 1. The van der Waals surface area contributed by atoms with Gasteiger partial charge in [0, 0.05) is 43.1 Å². The van der Waals surface area contributed by atoms with Crippen LogP contribution in [0.3, 0.4) is 0 Å². The first-order valence-electron chi connectivity index (χ1n) is 7.75. The van der Waals surface area contributed by atoms with E-state index in [1.54, 1.807) is 48.0 Å². The summed E-state index contributed by atoms with van der Waals surface area (Å²) in [6.07, 6.45) is 0. The number of carbonyl (C=O) groups is 2. The predicted octanol–water partition coefficient (Wildman–Crippen LogP) is 1.21. The van der Waals surface area contributed by atoms with E-state index in [1.165, 1.54) is 0 Å². The van der Waals surface area contributed by atoms with E-state index in [2.05, 4.69) is 10.6 Å². The summed E-state index contributed by atoms with van der Waals surface area (Å²) >= 11 is 7.43. The monoisotopic (exact) mass is 371 g/mol. The molecule has 1 unspecified atom stereocenters. The Labute approximate surface area is 151 Å². The Bertz CT molecular complexity index is 556. The highest BCUT2D eigenvalue weighted by Gasteiger charge is 2.34. The van der Waals surface area contributed by atoms with Crippen molar-refractivity contribution in [3.05, 3.63) is 34.9 Å². The highest BCUT2D eigenvalue weighted by molar-refractivity contribution is 7.99. The summed E-state index contributed by atoms with van der Waals surface area (Å²) in [5, 5.41) is 6.62. The fourth-order valence-electron chi connectivity index (χ4n) is 2.31. The van der Waals surface area contributed by atoms with Crippen molar-refractivity contribution in [1.82, 2.24) is 15.5 Å². The molecule has 2 rings (SSSR count). The van der Waals surface area contributed by atoms with Gasteiger partial charge in [0.1, 0.15) is 6.04 Å². The van der Waals surface area contributed by atoms with Gasteiger partial charge in [-0.25, -0.2) is 0 Å². The molecule has 1 heterocycles. The van der Waals surface area contributed by atoms with Gasteiger partial charge in [-0.2, -0.15) is 0 Å². The number of nitrogens with one attached hydrogen (secondary N) is 2. The van der Waals surface area contributed by atoms with Crippen molar-refractivity contribution >= 4 is 35.2 Å². The maximum absolute atomic E-state index is 12.6.